The summed E-state index contributed by atoms with van der Waals surface area (Å²) in [6.07, 6.45) is 5.35. The predicted octanol–water partition coefficient (Wildman–Crippen LogP) is 3.30. The molecule has 2 rings (SSSR count). The van der Waals surface area contributed by atoms with Crippen LogP contribution in [-0.2, 0) is 4.74 Å². The summed E-state index contributed by atoms with van der Waals surface area (Å²) in [5.74, 6) is 2.56. The SMILES string of the molecule is COCC(N=C1NC2(CCCC(C)C2)CS1)C(C)C. The van der Waals surface area contributed by atoms with Crippen molar-refractivity contribution in [1.29, 1.82) is 0 Å². The van der Waals surface area contributed by atoms with Crippen LogP contribution in [0.2, 0.25) is 0 Å². The minimum Gasteiger partial charge on any atom is -0.382 e. The van der Waals surface area contributed by atoms with Gasteiger partial charge in [0.1, 0.15) is 0 Å². The molecule has 1 saturated heterocycles. The molecule has 0 amide bonds. The largest absolute Gasteiger partial charge is 0.382 e. The molecule has 2 aliphatic rings. The summed E-state index contributed by atoms with van der Waals surface area (Å²) in [5.41, 5.74) is 0.329. The molecule has 2 fully saturated rings. The van der Waals surface area contributed by atoms with Gasteiger partial charge in [-0.15, -0.1) is 0 Å². The molecular formula is C15H28N2OS. The van der Waals surface area contributed by atoms with E-state index in [0.29, 0.717) is 18.1 Å². The average Bonchev–Trinajstić information content (AvgIpc) is 2.71. The van der Waals surface area contributed by atoms with Gasteiger partial charge in [-0.1, -0.05) is 45.4 Å². The zero-order chi connectivity index (χ0) is 13.9. The minimum absolute atomic E-state index is 0.274. The van der Waals surface area contributed by atoms with Crippen LogP contribution in [0.3, 0.4) is 0 Å². The fourth-order valence-electron chi connectivity index (χ4n) is 3.18. The number of amidine groups is 1. The summed E-state index contributed by atoms with van der Waals surface area (Å²) in [4.78, 5) is 4.88. The van der Waals surface area contributed by atoms with E-state index in [9.17, 15) is 0 Å². The van der Waals surface area contributed by atoms with Gasteiger partial charge in [0.15, 0.2) is 5.17 Å². The van der Waals surface area contributed by atoms with Gasteiger partial charge >= 0.3 is 0 Å². The molecule has 1 heterocycles. The Morgan fingerprint density at radius 1 is 1.53 bits per heavy atom. The molecule has 1 saturated carbocycles. The molecule has 1 spiro atoms. The van der Waals surface area contributed by atoms with Crippen LogP contribution in [0.4, 0.5) is 0 Å². The van der Waals surface area contributed by atoms with E-state index in [1.54, 1.807) is 7.11 Å². The molecule has 19 heavy (non-hydrogen) atoms. The van der Waals surface area contributed by atoms with Crippen molar-refractivity contribution in [3.63, 3.8) is 0 Å². The van der Waals surface area contributed by atoms with Gasteiger partial charge < -0.3 is 10.1 Å². The van der Waals surface area contributed by atoms with Crippen LogP contribution < -0.4 is 5.32 Å². The fraction of sp³-hybridized carbons (Fsp3) is 0.933. The molecule has 0 aromatic carbocycles. The third-order valence-corrected chi connectivity index (χ3v) is 5.52. The summed E-state index contributed by atoms with van der Waals surface area (Å²) >= 11 is 1.90. The summed E-state index contributed by atoms with van der Waals surface area (Å²) in [7, 11) is 1.76. The maximum Gasteiger partial charge on any atom is 0.157 e. The van der Waals surface area contributed by atoms with E-state index in [1.807, 2.05) is 11.8 Å². The van der Waals surface area contributed by atoms with Crippen molar-refractivity contribution in [2.75, 3.05) is 19.5 Å². The smallest absolute Gasteiger partial charge is 0.157 e. The highest BCUT2D eigenvalue weighted by Crippen LogP contribution is 2.38. The van der Waals surface area contributed by atoms with Gasteiger partial charge in [0.2, 0.25) is 0 Å². The van der Waals surface area contributed by atoms with E-state index >= 15 is 0 Å². The average molecular weight is 284 g/mol. The van der Waals surface area contributed by atoms with Gasteiger partial charge in [0.05, 0.1) is 12.6 Å². The van der Waals surface area contributed by atoms with Gasteiger partial charge in [0.25, 0.3) is 0 Å². The maximum atomic E-state index is 5.29. The Morgan fingerprint density at radius 3 is 2.95 bits per heavy atom. The maximum absolute atomic E-state index is 5.29. The lowest BCUT2D eigenvalue weighted by molar-refractivity contribution is 0.164. The van der Waals surface area contributed by atoms with E-state index in [-0.39, 0.29) is 6.04 Å². The molecule has 3 nitrogen and oxygen atoms in total. The summed E-state index contributed by atoms with van der Waals surface area (Å²) in [6.45, 7) is 7.52. The molecule has 1 N–H and O–H groups in total. The molecule has 4 heteroatoms. The summed E-state index contributed by atoms with van der Waals surface area (Å²) in [6, 6.07) is 0.274. The first kappa shape index (κ1) is 15.2. The van der Waals surface area contributed by atoms with Crippen LogP contribution >= 0.6 is 11.8 Å². The number of rotatable bonds is 4. The third kappa shape index (κ3) is 3.88. The first-order valence-electron chi connectivity index (χ1n) is 7.52. The summed E-state index contributed by atoms with van der Waals surface area (Å²) < 4.78 is 5.29. The Hall–Kier alpha value is -0.220. The quantitative estimate of drug-likeness (QED) is 0.860. The minimum atomic E-state index is 0.274. The van der Waals surface area contributed by atoms with Crippen molar-refractivity contribution in [1.82, 2.24) is 5.32 Å². The molecule has 3 unspecified atom stereocenters. The number of thioether (sulfide) groups is 1. The Morgan fingerprint density at radius 2 is 2.32 bits per heavy atom. The topological polar surface area (TPSA) is 33.6 Å². The normalized spacial score (nSPS) is 35.0. The van der Waals surface area contributed by atoms with Crippen LogP contribution in [0, 0.1) is 11.8 Å². The standard InChI is InChI=1S/C15H28N2OS/c1-11(2)13(9-18-4)16-14-17-15(10-19-14)7-5-6-12(3)8-15/h11-13H,5-10H2,1-4H3,(H,16,17). The van der Waals surface area contributed by atoms with Crippen LogP contribution in [0.25, 0.3) is 0 Å². The predicted molar refractivity (Wildman–Crippen MR) is 83.9 cm³/mol. The lowest BCUT2D eigenvalue weighted by Crippen LogP contribution is -2.47. The molecule has 3 atom stereocenters. The Kier molecular flexibility index (Phi) is 5.18. The van der Waals surface area contributed by atoms with Gasteiger partial charge in [-0.2, -0.15) is 0 Å². The Bertz CT molecular complexity index is 332. The molecule has 0 radical (unpaired) electrons. The molecule has 1 aliphatic carbocycles. The molecule has 0 aromatic rings. The van der Waals surface area contributed by atoms with E-state index in [0.717, 1.165) is 11.1 Å². The monoisotopic (exact) mass is 284 g/mol. The van der Waals surface area contributed by atoms with Gasteiger partial charge in [-0.25, -0.2) is 0 Å². The number of nitrogens with one attached hydrogen (secondary N) is 1. The van der Waals surface area contributed by atoms with Crippen molar-refractivity contribution < 1.29 is 4.74 Å². The second-order valence-corrected chi connectivity index (χ2v) is 7.56. The molecule has 110 valence electrons. The number of hydrogen-bond donors (Lipinski definition) is 1. The first-order valence-corrected chi connectivity index (χ1v) is 8.51. The fourth-order valence-corrected chi connectivity index (χ4v) is 4.43. The summed E-state index contributed by atoms with van der Waals surface area (Å²) in [5, 5.41) is 4.88. The van der Waals surface area contributed by atoms with E-state index in [2.05, 4.69) is 26.1 Å². The van der Waals surface area contributed by atoms with Crippen LogP contribution in [-0.4, -0.2) is 36.2 Å². The Balaban J connectivity index is 2.00. The number of ether oxygens (including phenoxy) is 1. The van der Waals surface area contributed by atoms with Gasteiger partial charge in [-0.3, -0.25) is 4.99 Å². The van der Waals surface area contributed by atoms with Gasteiger partial charge in [-0.05, 0) is 24.7 Å². The number of aliphatic imine (C=N–C) groups is 1. The second kappa shape index (κ2) is 6.49. The Labute approximate surface area is 122 Å². The molecule has 0 bridgehead atoms. The van der Waals surface area contributed by atoms with Crippen molar-refractivity contribution >= 4 is 16.9 Å². The highest BCUT2D eigenvalue weighted by Gasteiger charge is 2.40. The van der Waals surface area contributed by atoms with Crippen molar-refractivity contribution in [3.05, 3.63) is 0 Å². The number of hydrogen-bond acceptors (Lipinski definition) is 3. The third-order valence-electron chi connectivity index (χ3n) is 4.34. The number of methoxy groups -OCH3 is 1. The van der Waals surface area contributed by atoms with Gasteiger partial charge in [0, 0.05) is 18.4 Å². The highest BCUT2D eigenvalue weighted by atomic mass is 32.2. The first-order chi connectivity index (χ1) is 9.04. The van der Waals surface area contributed by atoms with Crippen molar-refractivity contribution in [3.8, 4) is 0 Å². The van der Waals surface area contributed by atoms with E-state index in [1.165, 1.54) is 31.4 Å². The zero-order valence-electron chi connectivity index (χ0n) is 12.7. The lowest BCUT2D eigenvalue weighted by Gasteiger charge is -2.36. The molecule has 1 aliphatic heterocycles. The van der Waals surface area contributed by atoms with Crippen molar-refractivity contribution in [2.24, 2.45) is 16.8 Å². The number of nitrogens with zero attached hydrogens (tertiary/aromatic N) is 1. The highest BCUT2D eigenvalue weighted by molar-refractivity contribution is 8.14. The lowest BCUT2D eigenvalue weighted by atomic mass is 9.78. The van der Waals surface area contributed by atoms with Crippen LogP contribution in [0.5, 0.6) is 0 Å². The van der Waals surface area contributed by atoms with E-state index in [4.69, 9.17) is 9.73 Å². The van der Waals surface area contributed by atoms with E-state index < -0.39 is 0 Å². The molecular weight excluding hydrogens is 256 g/mol. The zero-order valence-corrected chi connectivity index (χ0v) is 13.6. The van der Waals surface area contributed by atoms with Crippen molar-refractivity contribution in [2.45, 2.75) is 58.0 Å². The second-order valence-electron chi connectivity index (χ2n) is 6.60. The molecule has 0 aromatic heterocycles. The van der Waals surface area contributed by atoms with Crippen LogP contribution in [0.1, 0.15) is 46.5 Å². The van der Waals surface area contributed by atoms with Crippen LogP contribution in [0.15, 0.2) is 4.99 Å².